The van der Waals surface area contributed by atoms with Gasteiger partial charge in [0.25, 0.3) is 0 Å². The fourth-order valence-electron chi connectivity index (χ4n) is 9.33. The SMILES string of the molecule is CC/C=C\C/C=C\C/C=C\C/C=C\C/C=C\CCCCCC(=O)OCC(COP(=O)(O)OCC(O)COP(=O)(O)OCC(COC(=O)C/C=C\C/C=C\C/C=C\C/C=C\C/C=C\CC)OC(=O)C/C=C\C/C=C\C/C=C\C/C=C\C/C=C\CC)OC(=O)CCCCCCCC/C=C\C/C=C\C/C=C\C/C=C\CC. The fraction of sp³-hybridized carbons (Fsp3) is 0.528. The van der Waals surface area contributed by atoms with E-state index in [-0.39, 0.29) is 25.7 Å². The van der Waals surface area contributed by atoms with E-state index in [1.54, 1.807) is 24.3 Å². The number of aliphatic hydroxyl groups is 1. The highest BCUT2D eigenvalue weighted by atomic mass is 31.2. The molecule has 604 valence electrons. The van der Waals surface area contributed by atoms with Gasteiger partial charge in [-0.15, -0.1) is 0 Å². The van der Waals surface area contributed by atoms with Crippen LogP contribution < -0.4 is 0 Å². The average molecular weight is 1540 g/mol. The summed E-state index contributed by atoms with van der Waals surface area (Å²) < 4.78 is 68.3. The van der Waals surface area contributed by atoms with Gasteiger partial charge in [0, 0.05) is 12.8 Å². The molecule has 0 bridgehead atoms. The Bertz CT molecular complexity index is 2960. The molecule has 5 unspecified atom stereocenters. The molecule has 17 nitrogen and oxygen atoms in total. The van der Waals surface area contributed by atoms with Gasteiger partial charge in [0.05, 0.1) is 39.3 Å². The zero-order chi connectivity index (χ0) is 78.9. The van der Waals surface area contributed by atoms with Crippen molar-refractivity contribution in [1.82, 2.24) is 0 Å². The maximum atomic E-state index is 13.1. The highest BCUT2D eigenvalue weighted by molar-refractivity contribution is 7.47. The minimum atomic E-state index is -5.04. The summed E-state index contributed by atoms with van der Waals surface area (Å²) >= 11 is 0. The first-order chi connectivity index (χ1) is 52.7. The van der Waals surface area contributed by atoms with Crippen LogP contribution >= 0.6 is 15.6 Å². The van der Waals surface area contributed by atoms with E-state index in [4.69, 9.17) is 37.0 Å². The van der Waals surface area contributed by atoms with Crippen molar-refractivity contribution in [2.24, 2.45) is 0 Å². The number of hydrogen-bond acceptors (Lipinski definition) is 15. The molecule has 0 aliphatic rings. The molecule has 0 heterocycles. The van der Waals surface area contributed by atoms with Gasteiger partial charge in [0.2, 0.25) is 0 Å². The van der Waals surface area contributed by atoms with Gasteiger partial charge in [0.1, 0.15) is 19.3 Å². The van der Waals surface area contributed by atoms with Crippen molar-refractivity contribution in [3.05, 3.63) is 231 Å². The monoisotopic (exact) mass is 1540 g/mol. The van der Waals surface area contributed by atoms with Gasteiger partial charge in [-0.25, -0.2) is 9.13 Å². The Balaban J connectivity index is 5.58. The number of unbranched alkanes of at least 4 members (excludes halogenated alkanes) is 9. The first kappa shape index (κ1) is 101. The maximum absolute atomic E-state index is 13.1. The summed E-state index contributed by atoms with van der Waals surface area (Å²) in [5, 5.41) is 10.6. The van der Waals surface area contributed by atoms with Crippen LogP contribution in [0.25, 0.3) is 0 Å². The number of allylic oxidation sites excluding steroid dienone is 36. The van der Waals surface area contributed by atoms with E-state index in [2.05, 4.69) is 210 Å². The molecule has 0 saturated carbocycles. The fourth-order valence-corrected chi connectivity index (χ4v) is 10.9. The maximum Gasteiger partial charge on any atom is 0.472 e. The second-order valence-corrected chi connectivity index (χ2v) is 28.1. The zero-order valence-corrected chi connectivity index (χ0v) is 67.7. The standard InChI is InChI=1S/C89H136O17P2/c1-5-9-13-17-21-25-29-33-37-39-41-43-47-50-54-58-62-66-70-74-87(92)100-80-85(106-89(94)76-72-68-64-60-56-52-48-44-42-40-38-34-30-26-22-18-14-10-6-2)82-104-108(97,98)102-78-83(90)77-101-107(95,96)103-81-84(105-88(93)75-71-67-63-59-55-51-46-36-32-28-24-20-16-12-8-4)79-99-86(91)73-69-65-61-57-53-49-45-35-31-27-23-19-15-11-7-3/h9-16,21-28,33-38,41-46,50,53-55,57,59,65,67,69,71,83-85,90H,5-8,17-20,29-32,39-40,47-49,51-52,56,58,60-64,66,68,70,72-82H2,1-4H3,(H,95,96)(H,97,98)/b13-9-,14-10-,15-11-,16-12-,25-21-,26-22-,27-23-,28-24-,37-33-,38-34-,43-41-,44-42-,45-35-,46-36-,54-50-,57-53-,59-55-,69-65-,71-67-. The van der Waals surface area contributed by atoms with Crippen LogP contribution in [-0.2, 0) is 65.4 Å². The largest absolute Gasteiger partial charge is 0.472 e. The molecular formula is C89H136O17P2. The highest BCUT2D eigenvalue weighted by Gasteiger charge is 2.30. The number of hydrogen-bond donors (Lipinski definition) is 3. The van der Waals surface area contributed by atoms with E-state index in [1.165, 1.54) is 0 Å². The molecule has 0 saturated heterocycles. The number of esters is 4. The zero-order valence-electron chi connectivity index (χ0n) is 65.9. The first-order valence-electron chi connectivity index (χ1n) is 39.6. The van der Waals surface area contributed by atoms with Gasteiger partial charge in [-0.1, -0.05) is 291 Å². The molecule has 0 aromatic heterocycles. The minimum absolute atomic E-state index is 0.0552. The Morgan fingerprint density at radius 2 is 0.500 bits per heavy atom. The molecule has 108 heavy (non-hydrogen) atoms. The summed E-state index contributed by atoms with van der Waals surface area (Å²) in [7, 11) is -10.1. The van der Waals surface area contributed by atoms with Crippen LogP contribution in [0.2, 0.25) is 0 Å². The van der Waals surface area contributed by atoms with Gasteiger partial charge in [-0.3, -0.25) is 37.3 Å². The summed E-state index contributed by atoms with van der Waals surface area (Å²) in [5.41, 5.74) is 0. The lowest BCUT2D eigenvalue weighted by atomic mass is 10.1. The van der Waals surface area contributed by atoms with Crippen LogP contribution in [0.15, 0.2) is 231 Å². The summed E-state index contributed by atoms with van der Waals surface area (Å²) in [6.07, 6.45) is 101. The smallest absolute Gasteiger partial charge is 0.462 e. The lowest BCUT2D eigenvalue weighted by Crippen LogP contribution is -2.30. The number of ether oxygens (including phenoxy) is 4. The third-order valence-electron chi connectivity index (χ3n) is 15.2. The summed E-state index contributed by atoms with van der Waals surface area (Å²) in [6, 6.07) is 0. The predicted octanol–water partition coefficient (Wildman–Crippen LogP) is 23.4. The third-order valence-corrected chi connectivity index (χ3v) is 17.1. The molecule has 0 aliphatic carbocycles. The van der Waals surface area contributed by atoms with Crippen molar-refractivity contribution in [2.75, 3.05) is 39.6 Å². The molecular weight excluding hydrogens is 1400 g/mol. The van der Waals surface area contributed by atoms with Crippen LogP contribution in [-0.4, -0.2) is 96.7 Å². The Hall–Kier alpha value is -6.88. The number of phosphoric acid groups is 2. The molecule has 5 atom stereocenters. The predicted molar refractivity (Wildman–Crippen MR) is 444 cm³/mol. The van der Waals surface area contributed by atoms with Crippen molar-refractivity contribution in [3.63, 3.8) is 0 Å². The van der Waals surface area contributed by atoms with Gasteiger partial charge in [0.15, 0.2) is 12.2 Å². The number of carbonyl (C=O) groups excluding carboxylic acids is 4. The van der Waals surface area contributed by atoms with Crippen LogP contribution in [0.4, 0.5) is 0 Å². The normalized spacial score (nSPS) is 15.1. The molecule has 0 spiro atoms. The third kappa shape index (κ3) is 77.3. The lowest BCUT2D eigenvalue weighted by molar-refractivity contribution is -0.161. The van der Waals surface area contributed by atoms with E-state index in [1.807, 2.05) is 24.3 Å². The Labute approximate surface area is 651 Å². The van der Waals surface area contributed by atoms with E-state index < -0.39 is 97.5 Å². The number of carbonyl (C=O) groups is 4. The molecule has 0 aliphatic heterocycles. The van der Waals surface area contributed by atoms with Crippen molar-refractivity contribution < 1.29 is 80.2 Å². The molecule has 0 aromatic carbocycles. The average Bonchev–Trinajstić information content (AvgIpc) is 0.896. The van der Waals surface area contributed by atoms with Crippen LogP contribution in [0.5, 0.6) is 0 Å². The van der Waals surface area contributed by atoms with Crippen molar-refractivity contribution in [1.29, 1.82) is 0 Å². The second kappa shape index (κ2) is 78.2. The molecule has 0 rings (SSSR count). The lowest BCUT2D eigenvalue weighted by Gasteiger charge is -2.21. The minimum Gasteiger partial charge on any atom is -0.462 e. The van der Waals surface area contributed by atoms with Gasteiger partial charge in [-0.05, 0) is 161 Å². The molecule has 0 amide bonds. The highest BCUT2D eigenvalue weighted by Crippen LogP contribution is 2.45. The molecule has 0 radical (unpaired) electrons. The van der Waals surface area contributed by atoms with Crippen molar-refractivity contribution in [2.45, 2.75) is 264 Å². The number of rotatable bonds is 71. The molecule has 19 heteroatoms. The summed E-state index contributed by atoms with van der Waals surface area (Å²) in [5.74, 6) is -2.56. The Kier molecular flexibility index (Phi) is 73.3. The van der Waals surface area contributed by atoms with Gasteiger partial charge >= 0.3 is 39.5 Å². The second-order valence-electron chi connectivity index (χ2n) is 25.2. The number of phosphoric ester groups is 2. The summed E-state index contributed by atoms with van der Waals surface area (Å²) in [6.45, 7) is 4.08. The van der Waals surface area contributed by atoms with Gasteiger partial charge < -0.3 is 33.8 Å². The van der Waals surface area contributed by atoms with Crippen LogP contribution in [0.3, 0.4) is 0 Å². The summed E-state index contributed by atoms with van der Waals surface area (Å²) in [4.78, 5) is 72.9. The topological polar surface area (TPSA) is 237 Å². The molecule has 0 fully saturated rings. The Morgan fingerprint density at radius 3 is 0.824 bits per heavy atom. The quantitative estimate of drug-likeness (QED) is 0.0169. The van der Waals surface area contributed by atoms with Crippen LogP contribution in [0, 0.1) is 0 Å². The van der Waals surface area contributed by atoms with E-state index in [0.717, 1.165) is 167 Å². The van der Waals surface area contributed by atoms with E-state index in [0.29, 0.717) is 25.7 Å². The Morgan fingerprint density at radius 1 is 0.269 bits per heavy atom. The van der Waals surface area contributed by atoms with E-state index in [9.17, 15) is 43.2 Å². The van der Waals surface area contributed by atoms with E-state index >= 15 is 0 Å². The molecule has 0 aromatic rings. The van der Waals surface area contributed by atoms with Crippen molar-refractivity contribution in [3.8, 4) is 0 Å². The van der Waals surface area contributed by atoms with Gasteiger partial charge in [-0.2, -0.15) is 0 Å². The van der Waals surface area contributed by atoms with Crippen LogP contribution in [0.1, 0.15) is 246 Å². The first-order valence-corrected chi connectivity index (χ1v) is 42.6. The molecule has 3 N–H and O–H groups in total. The number of aliphatic hydroxyl groups excluding tert-OH is 1. The van der Waals surface area contributed by atoms with Crippen molar-refractivity contribution >= 4 is 39.5 Å².